The normalized spacial score (nSPS) is 14.1. The molecule has 9 nitrogen and oxygen atoms in total. The maximum absolute atomic E-state index is 13.6. The van der Waals surface area contributed by atoms with Crippen molar-refractivity contribution in [2.45, 2.75) is 29.1 Å². The number of hydrogen-bond acceptors (Lipinski definition) is 9. The van der Waals surface area contributed by atoms with Crippen molar-refractivity contribution in [3.63, 3.8) is 0 Å². The Morgan fingerprint density at radius 1 is 1.00 bits per heavy atom. The van der Waals surface area contributed by atoms with Gasteiger partial charge in [-0.05, 0) is 43.3 Å². The number of sulfone groups is 1. The summed E-state index contributed by atoms with van der Waals surface area (Å²) < 4.78 is 87.8. The molecule has 184 valence electrons. The lowest BCUT2D eigenvalue weighted by molar-refractivity contribution is -0.0403. The molecule has 0 saturated heterocycles. The molecule has 0 aliphatic heterocycles. The maximum atomic E-state index is 13.6. The summed E-state index contributed by atoms with van der Waals surface area (Å²) in [4.78, 5) is 16.0. The fourth-order valence-electron chi connectivity index (χ4n) is 3.21. The molecule has 0 aliphatic carbocycles. The van der Waals surface area contributed by atoms with Crippen LogP contribution < -0.4 is 0 Å². The molecule has 1 aromatic carbocycles. The fraction of sp³-hybridized carbons (Fsp3) is 0.238. The topological polar surface area (TPSA) is 128 Å². The number of aromatic nitrogens is 4. The second-order valence-electron chi connectivity index (χ2n) is 7.08. The van der Waals surface area contributed by atoms with Gasteiger partial charge in [-0.3, -0.25) is 0 Å². The smallest absolute Gasteiger partial charge is 0.435 e. The van der Waals surface area contributed by atoms with E-state index < -0.39 is 30.0 Å². The summed E-state index contributed by atoms with van der Waals surface area (Å²) >= 11 is 0. The zero-order chi connectivity index (χ0) is 25.4. The molecule has 4 aromatic rings. The largest absolute Gasteiger partial charge is 0.483 e. The molecule has 0 amide bonds. The molecule has 0 spiro atoms. The average Bonchev–Trinajstić information content (AvgIpc) is 3.27. The van der Waals surface area contributed by atoms with Crippen LogP contribution in [0, 0.1) is 0 Å². The first kappa shape index (κ1) is 24.7. The van der Waals surface area contributed by atoms with E-state index in [0.29, 0.717) is 0 Å². The van der Waals surface area contributed by atoms with Crippen LogP contribution in [0.2, 0.25) is 0 Å². The Kier molecular flexibility index (Phi) is 6.36. The summed E-state index contributed by atoms with van der Waals surface area (Å²) in [6, 6.07) is 7.50. The Morgan fingerprint density at radius 3 is 2.34 bits per heavy atom. The zero-order valence-corrected chi connectivity index (χ0v) is 20.0. The van der Waals surface area contributed by atoms with E-state index in [9.17, 15) is 25.8 Å². The lowest BCUT2D eigenvalue weighted by Crippen LogP contribution is -2.23. The molecule has 3 aromatic heterocycles. The Labute approximate surface area is 198 Å². The molecule has 0 bridgehead atoms. The number of halogens is 3. The van der Waals surface area contributed by atoms with Crippen LogP contribution in [0.15, 0.2) is 67.4 Å². The van der Waals surface area contributed by atoms with Gasteiger partial charge in [-0.15, -0.1) is 0 Å². The first-order valence-corrected chi connectivity index (χ1v) is 13.4. The predicted molar refractivity (Wildman–Crippen MR) is 121 cm³/mol. The first-order chi connectivity index (χ1) is 16.5. The van der Waals surface area contributed by atoms with Crippen LogP contribution >= 0.6 is 0 Å². The fourth-order valence-corrected chi connectivity index (χ4v) is 5.67. The number of fused-ring (bicyclic) bond motifs is 1. The average molecular weight is 526 g/mol. The Hall–Kier alpha value is -3.39. The van der Waals surface area contributed by atoms with Gasteiger partial charge in [0.15, 0.2) is 31.0 Å². The predicted octanol–water partition coefficient (Wildman–Crippen LogP) is 4.51. The number of nitrogens with zero attached hydrogens (tertiary/aromatic N) is 5. The van der Waals surface area contributed by atoms with Gasteiger partial charge in [0.25, 0.3) is 0 Å². The molecular weight excluding hydrogens is 507 g/mol. The minimum absolute atomic E-state index is 0.0483. The van der Waals surface area contributed by atoms with E-state index in [0.717, 1.165) is 12.1 Å². The number of oxazole rings is 1. The van der Waals surface area contributed by atoms with Crippen LogP contribution in [0.25, 0.3) is 34.2 Å². The van der Waals surface area contributed by atoms with E-state index in [2.05, 4.69) is 24.3 Å². The van der Waals surface area contributed by atoms with E-state index in [1.165, 1.54) is 44.4 Å². The highest BCUT2D eigenvalue weighted by molar-refractivity contribution is 7.94. The lowest BCUT2D eigenvalue weighted by Gasteiger charge is -2.13. The van der Waals surface area contributed by atoms with Crippen molar-refractivity contribution in [1.29, 1.82) is 0 Å². The number of alkyl halides is 3. The summed E-state index contributed by atoms with van der Waals surface area (Å²) in [7, 11) is -8.53. The van der Waals surface area contributed by atoms with Gasteiger partial charge in [0, 0.05) is 18.9 Å². The summed E-state index contributed by atoms with van der Waals surface area (Å²) in [5, 5.41) is 0. The van der Waals surface area contributed by atoms with E-state index in [4.69, 9.17) is 4.42 Å². The van der Waals surface area contributed by atoms with E-state index in [1.54, 1.807) is 6.07 Å². The third-order valence-electron chi connectivity index (χ3n) is 4.87. The Bertz CT molecular complexity index is 1630. The van der Waals surface area contributed by atoms with Crippen molar-refractivity contribution in [2.24, 2.45) is 4.36 Å². The van der Waals surface area contributed by atoms with Gasteiger partial charge in [-0.1, -0.05) is 6.92 Å². The van der Waals surface area contributed by atoms with Crippen molar-refractivity contribution in [3.8, 4) is 23.1 Å². The first-order valence-electron chi connectivity index (χ1n) is 10.2. The zero-order valence-electron chi connectivity index (χ0n) is 18.4. The number of hydrogen-bond donors (Lipinski definition) is 0. The van der Waals surface area contributed by atoms with Crippen molar-refractivity contribution in [3.05, 3.63) is 48.8 Å². The highest BCUT2D eigenvalue weighted by Gasteiger charge is 2.44. The van der Waals surface area contributed by atoms with Crippen LogP contribution in [0.1, 0.15) is 13.8 Å². The van der Waals surface area contributed by atoms with Crippen molar-refractivity contribution >= 4 is 30.7 Å². The molecule has 14 heteroatoms. The molecule has 3 heterocycles. The quantitative estimate of drug-likeness (QED) is 0.360. The number of benzene rings is 1. The molecule has 1 unspecified atom stereocenters. The minimum atomic E-state index is -5.10. The summed E-state index contributed by atoms with van der Waals surface area (Å²) in [6.07, 6.45) is 2.97. The van der Waals surface area contributed by atoms with Crippen LogP contribution in [0.4, 0.5) is 13.2 Å². The third-order valence-corrected chi connectivity index (χ3v) is 8.78. The van der Waals surface area contributed by atoms with Crippen molar-refractivity contribution in [2.75, 3.05) is 12.3 Å². The second kappa shape index (κ2) is 9.00. The molecule has 1 atom stereocenters. The summed E-state index contributed by atoms with van der Waals surface area (Å²) in [5.41, 5.74) is -5.03. The Morgan fingerprint density at radius 2 is 1.71 bits per heavy atom. The monoisotopic (exact) mass is 525 g/mol. The Balaban J connectivity index is 1.93. The molecule has 4 rings (SSSR count). The van der Waals surface area contributed by atoms with E-state index in [1.807, 2.05) is 0 Å². The van der Waals surface area contributed by atoms with Crippen molar-refractivity contribution < 1.29 is 30.2 Å². The minimum Gasteiger partial charge on any atom is -0.435 e. The molecule has 0 N–H and O–H groups in total. The van der Waals surface area contributed by atoms with Crippen LogP contribution in [0.3, 0.4) is 0 Å². The van der Waals surface area contributed by atoms with Crippen LogP contribution in [-0.2, 0) is 19.6 Å². The highest BCUT2D eigenvalue weighted by atomic mass is 32.2. The van der Waals surface area contributed by atoms with Gasteiger partial charge in [0.2, 0.25) is 5.89 Å². The highest BCUT2D eigenvalue weighted by Crippen LogP contribution is 2.36. The summed E-state index contributed by atoms with van der Waals surface area (Å²) in [6.45, 7) is 2.50. The van der Waals surface area contributed by atoms with Gasteiger partial charge in [-0.2, -0.15) is 13.2 Å². The molecule has 0 aliphatic rings. The SMILES string of the molecule is CCN=S(=O)(c1ccc2oc(-c3nc(-c4ncccn4)ccc3S(=O)(=O)CC)nc2c1)C(F)(F)F. The lowest BCUT2D eigenvalue weighted by atomic mass is 10.3. The number of rotatable bonds is 6. The molecular formula is C21H18F3N5O4S2. The molecule has 35 heavy (non-hydrogen) atoms. The summed E-state index contributed by atoms with van der Waals surface area (Å²) in [5.74, 6) is -0.258. The third kappa shape index (κ3) is 4.50. The van der Waals surface area contributed by atoms with Crippen molar-refractivity contribution in [1.82, 2.24) is 19.9 Å². The van der Waals surface area contributed by atoms with Gasteiger partial charge in [-0.25, -0.2) is 36.9 Å². The van der Waals surface area contributed by atoms with E-state index >= 15 is 0 Å². The van der Waals surface area contributed by atoms with Gasteiger partial charge < -0.3 is 4.42 Å². The number of pyridine rings is 1. The van der Waals surface area contributed by atoms with E-state index in [-0.39, 0.29) is 51.4 Å². The molecule has 0 fully saturated rings. The standard InChI is InChI=1S/C21H18F3N5O4S2/c1-3-27-35(32,21(22,23)24)13-6-8-16-15(12-13)29-20(33-16)18-17(34(30,31)4-2)9-7-14(28-18)19-25-10-5-11-26-19/h5-12H,3-4H2,1-2H3. The van der Waals surface area contributed by atoms with Crippen LogP contribution in [-0.4, -0.2) is 50.4 Å². The van der Waals surface area contributed by atoms with Gasteiger partial charge in [0.05, 0.1) is 15.5 Å². The molecule has 0 saturated carbocycles. The van der Waals surface area contributed by atoms with Gasteiger partial charge >= 0.3 is 5.51 Å². The van der Waals surface area contributed by atoms with Gasteiger partial charge in [0.1, 0.15) is 16.9 Å². The second-order valence-corrected chi connectivity index (χ2v) is 11.6. The van der Waals surface area contributed by atoms with Crippen LogP contribution in [0.5, 0.6) is 0 Å². The maximum Gasteiger partial charge on any atom is 0.483 e. The molecule has 0 radical (unpaired) electrons.